The van der Waals surface area contributed by atoms with Crippen LogP contribution in [0.3, 0.4) is 0 Å². The molecule has 0 radical (unpaired) electrons. The van der Waals surface area contributed by atoms with Crippen molar-refractivity contribution in [1.82, 2.24) is 5.16 Å². The lowest BCUT2D eigenvalue weighted by Gasteiger charge is -2.02. The SMILES string of the molecule is CCCCCCc1ccc(-c2cc(-c3ccc(CCCCC)s3)no2)cc1. The van der Waals surface area contributed by atoms with Crippen LogP contribution >= 0.6 is 11.3 Å². The van der Waals surface area contributed by atoms with E-state index in [1.165, 1.54) is 66.7 Å². The standard InChI is InChI=1S/C24H31NOS/c1-3-5-7-9-10-19-12-14-20(15-13-19)23-18-22(25-26-23)24-17-16-21(27-24)11-8-6-4-2/h12-18H,3-11H2,1-2H3. The van der Waals surface area contributed by atoms with Crippen LogP contribution in [0, 0.1) is 0 Å². The van der Waals surface area contributed by atoms with Gasteiger partial charge >= 0.3 is 0 Å². The van der Waals surface area contributed by atoms with E-state index >= 15 is 0 Å². The second-order valence-corrected chi connectivity index (χ2v) is 8.48. The number of hydrogen-bond acceptors (Lipinski definition) is 3. The summed E-state index contributed by atoms with van der Waals surface area (Å²) in [6.07, 6.45) is 11.4. The first-order valence-electron chi connectivity index (χ1n) is 10.4. The minimum absolute atomic E-state index is 0.850. The number of aryl methyl sites for hydroxylation is 2. The van der Waals surface area contributed by atoms with E-state index in [1.54, 1.807) is 0 Å². The molecule has 0 aliphatic rings. The zero-order valence-corrected chi connectivity index (χ0v) is 17.5. The summed E-state index contributed by atoms with van der Waals surface area (Å²) in [5, 5.41) is 4.30. The Morgan fingerprint density at radius 3 is 2.33 bits per heavy atom. The average molecular weight is 382 g/mol. The first kappa shape index (κ1) is 19.9. The Balaban J connectivity index is 1.60. The molecule has 0 saturated carbocycles. The van der Waals surface area contributed by atoms with E-state index in [9.17, 15) is 0 Å². The van der Waals surface area contributed by atoms with Gasteiger partial charge in [-0.25, -0.2) is 0 Å². The number of hydrogen-bond donors (Lipinski definition) is 0. The molecule has 27 heavy (non-hydrogen) atoms. The highest BCUT2D eigenvalue weighted by molar-refractivity contribution is 7.15. The van der Waals surface area contributed by atoms with Crippen LogP contribution in [0.1, 0.15) is 69.2 Å². The maximum absolute atomic E-state index is 5.62. The Morgan fingerprint density at radius 1 is 0.815 bits per heavy atom. The molecule has 3 heteroatoms. The molecule has 2 aromatic heterocycles. The van der Waals surface area contributed by atoms with Crippen LogP contribution in [-0.2, 0) is 12.8 Å². The molecular formula is C24H31NOS. The Kier molecular flexibility index (Phi) is 7.70. The lowest BCUT2D eigenvalue weighted by Crippen LogP contribution is -1.86. The van der Waals surface area contributed by atoms with E-state index in [1.807, 2.05) is 11.3 Å². The summed E-state index contributed by atoms with van der Waals surface area (Å²) in [6.45, 7) is 4.50. The van der Waals surface area contributed by atoms with Crippen molar-refractivity contribution in [2.24, 2.45) is 0 Å². The fourth-order valence-electron chi connectivity index (χ4n) is 3.32. The van der Waals surface area contributed by atoms with Crippen LogP contribution in [0.25, 0.3) is 21.9 Å². The van der Waals surface area contributed by atoms with Gasteiger partial charge in [-0.15, -0.1) is 11.3 Å². The second kappa shape index (κ2) is 10.5. The van der Waals surface area contributed by atoms with Crippen molar-refractivity contribution < 1.29 is 4.52 Å². The molecule has 3 rings (SSSR count). The zero-order chi connectivity index (χ0) is 18.9. The van der Waals surface area contributed by atoms with Crippen molar-refractivity contribution in [3.63, 3.8) is 0 Å². The van der Waals surface area contributed by atoms with E-state index in [0.717, 1.165) is 23.4 Å². The third-order valence-electron chi connectivity index (χ3n) is 5.01. The van der Waals surface area contributed by atoms with Gasteiger partial charge < -0.3 is 4.52 Å². The molecule has 0 spiro atoms. The van der Waals surface area contributed by atoms with Crippen molar-refractivity contribution in [2.75, 3.05) is 0 Å². The monoisotopic (exact) mass is 381 g/mol. The molecule has 0 amide bonds. The molecule has 3 aromatic rings. The molecule has 0 unspecified atom stereocenters. The smallest absolute Gasteiger partial charge is 0.167 e. The molecule has 0 fully saturated rings. The van der Waals surface area contributed by atoms with Gasteiger partial charge in [-0.3, -0.25) is 0 Å². The summed E-state index contributed by atoms with van der Waals surface area (Å²) in [5.41, 5.74) is 3.45. The fraction of sp³-hybridized carbons (Fsp3) is 0.458. The van der Waals surface area contributed by atoms with Crippen LogP contribution in [0.2, 0.25) is 0 Å². The van der Waals surface area contributed by atoms with Gasteiger partial charge in [0.1, 0.15) is 5.69 Å². The third kappa shape index (κ3) is 5.80. The Bertz CT molecular complexity index is 800. The minimum atomic E-state index is 0.850. The maximum atomic E-state index is 5.62. The predicted octanol–water partition coefficient (Wildman–Crippen LogP) is 7.93. The van der Waals surface area contributed by atoms with E-state index in [-0.39, 0.29) is 0 Å². The van der Waals surface area contributed by atoms with E-state index < -0.39 is 0 Å². The Labute approximate surface area is 167 Å². The average Bonchev–Trinajstić information content (AvgIpc) is 3.35. The van der Waals surface area contributed by atoms with Gasteiger partial charge in [-0.05, 0) is 43.4 Å². The predicted molar refractivity (Wildman–Crippen MR) is 116 cm³/mol. The Hall–Kier alpha value is -1.87. The van der Waals surface area contributed by atoms with Crippen molar-refractivity contribution in [3.8, 4) is 21.9 Å². The van der Waals surface area contributed by atoms with E-state index in [2.05, 4.69) is 61.5 Å². The molecule has 0 aliphatic carbocycles. The number of aromatic nitrogens is 1. The molecule has 0 atom stereocenters. The van der Waals surface area contributed by atoms with Crippen LogP contribution in [0.4, 0.5) is 0 Å². The van der Waals surface area contributed by atoms with Gasteiger partial charge in [0.15, 0.2) is 5.76 Å². The molecule has 144 valence electrons. The lowest BCUT2D eigenvalue weighted by atomic mass is 10.0. The van der Waals surface area contributed by atoms with Crippen molar-refractivity contribution in [3.05, 3.63) is 52.9 Å². The lowest BCUT2D eigenvalue weighted by molar-refractivity contribution is 0.435. The van der Waals surface area contributed by atoms with E-state index in [4.69, 9.17) is 4.52 Å². The summed E-state index contributed by atoms with van der Waals surface area (Å²) in [4.78, 5) is 2.64. The van der Waals surface area contributed by atoms with Crippen molar-refractivity contribution in [1.29, 1.82) is 0 Å². The topological polar surface area (TPSA) is 26.0 Å². The van der Waals surface area contributed by atoms with Gasteiger partial charge in [-0.1, -0.05) is 75.4 Å². The quantitative estimate of drug-likeness (QED) is 0.315. The van der Waals surface area contributed by atoms with Crippen LogP contribution in [0.15, 0.2) is 47.0 Å². The first-order chi connectivity index (χ1) is 13.3. The van der Waals surface area contributed by atoms with Crippen LogP contribution < -0.4 is 0 Å². The fourth-order valence-corrected chi connectivity index (χ4v) is 4.32. The number of nitrogens with zero attached hydrogens (tertiary/aromatic N) is 1. The first-order valence-corrected chi connectivity index (χ1v) is 11.3. The maximum Gasteiger partial charge on any atom is 0.167 e. The summed E-state index contributed by atoms with van der Waals surface area (Å²) in [7, 11) is 0. The molecule has 0 bridgehead atoms. The van der Waals surface area contributed by atoms with Gasteiger partial charge in [0, 0.05) is 16.5 Å². The minimum Gasteiger partial charge on any atom is -0.356 e. The van der Waals surface area contributed by atoms with Crippen LogP contribution in [0.5, 0.6) is 0 Å². The molecule has 0 N–H and O–H groups in total. The molecule has 2 heterocycles. The molecule has 0 aliphatic heterocycles. The van der Waals surface area contributed by atoms with Gasteiger partial charge in [0.05, 0.1) is 4.88 Å². The summed E-state index contributed by atoms with van der Waals surface area (Å²) in [6, 6.07) is 15.2. The highest BCUT2D eigenvalue weighted by Crippen LogP contribution is 2.31. The largest absolute Gasteiger partial charge is 0.356 e. The summed E-state index contributed by atoms with van der Waals surface area (Å²) < 4.78 is 5.62. The van der Waals surface area contributed by atoms with Gasteiger partial charge in [0.2, 0.25) is 0 Å². The molecule has 0 saturated heterocycles. The Morgan fingerprint density at radius 2 is 1.56 bits per heavy atom. The van der Waals surface area contributed by atoms with Gasteiger partial charge in [0.25, 0.3) is 0 Å². The number of rotatable bonds is 11. The third-order valence-corrected chi connectivity index (χ3v) is 6.18. The summed E-state index contributed by atoms with van der Waals surface area (Å²) in [5.74, 6) is 0.850. The number of unbranched alkanes of at least 4 members (excludes halogenated alkanes) is 5. The van der Waals surface area contributed by atoms with Crippen molar-refractivity contribution >= 4 is 11.3 Å². The second-order valence-electron chi connectivity index (χ2n) is 7.31. The summed E-state index contributed by atoms with van der Waals surface area (Å²) >= 11 is 1.84. The molecule has 2 nitrogen and oxygen atoms in total. The highest BCUT2D eigenvalue weighted by Gasteiger charge is 2.11. The molecular weight excluding hydrogens is 350 g/mol. The van der Waals surface area contributed by atoms with E-state index in [0.29, 0.717) is 0 Å². The van der Waals surface area contributed by atoms with Crippen LogP contribution in [-0.4, -0.2) is 5.16 Å². The number of thiophene rings is 1. The normalized spacial score (nSPS) is 11.2. The zero-order valence-electron chi connectivity index (χ0n) is 16.7. The molecule has 1 aromatic carbocycles. The number of benzene rings is 1. The highest BCUT2D eigenvalue weighted by atomic mass is 32.1. The van der Waals surface area contributed by atoms with Gasteiger partial charge in [-0.2, -0.15) is 0 Å². The van der Waals surface area contributed by atoms with Crippen molar-refractivity contribution in [2.45, 2.75) is 71.6 Å².